The van der Waals surface area contributed by atoms with Crippen molar-refractivity contribution in [2.45, 2.75) is 12.7 Å². The number of tetrazole rings is 1. The van der Waals surface area contributed by atoms with Crippen molar-refractivity contribution in [1.29, 1.82) is 0 Å². The molecule has 2 aromatic heterocycles. The summed E-state index contributed by atoms with van der Waals surface area (Å²) in [6.45, 7) is 0.0966. The molecule has 15 heteroatoms. The van der Waals surface area contributed by atoms with Crippen LogP contribution in [-0.4, -0.2) is 42.2 Å². The molecule has 0 bridgehead atoms. The molecular formula is C26H17Cl2F3N8O2. The molecule has 0 atom stereocenters. The van der Waals surface area contributed by atoms with Gasteiger partial charge in [-0.15, -0.1) is 5.10 Å². The Bertz CT molecular complexity index is 1720. The van der Waals surface area contributed by atoms with Crippen LogP contribution in [0.3, 0.4) is 0 Å². The van der Waals surface area contributed by atoms with Crippen molar-refractivity contribution in [3.8, 4) is 11.3 Å². The number of aromatic nitrogens is 6. The van der Waals surface area contributed by atoms with Gasteiger partial charge in [0.15, 0.2) is 0 Å². The summed E-state index contributed by atoms with van der Waals surface area (Å²) in [5.74, 6) is -1.12. The third-order valence-corrected chi connectivity index (χ3v) is 6.53. The first-order valence-corrected chi connectivity index (χ1v) is 12.5. The van der Waals surface area contributed by atoms with E-state index in [1.54, 1.807) is 42.5 Å². The number of benzene rings is 3. The van der Waals surface area contributed by atoms with Gasteiger partial charge in [0.25, 0.3) is 17.8 Å². The van der Waals surface area contributed by atoms with Crippen LogP contribution in [0.25, 0.3) is 11.3 Å². The molecule has 0 aliphatic heterocycles. The number of anilines is 2. The van der Waals surface area contributed by atoms with E-state index in [0.29, 0.717) is 27.4 Å². The van der Waals surface area contributed by atoms with Gasteiger partial charge in [0.2, 0.25) is 0 Å². The number of carbonyl (C=O) groups excluding carboxylic acids is 2. The summed E-state index contributed by atoms with van der Waals surface area (Å²) in [7, 11) is 0. The zero-order valence-electron chi connectivity index (χ0n) is 20.6. The van der Waals surface area contributed by atoms with Crippen LogP contribution in [0.4, 0.5) is 24.8 Å². The predicted molar refractivity (Wildman–Crippen MR) is 145 cm³/mol. The standard InChI is InChI=1S/C26H17Cl2F3N8O2/c27-19-9-8-16(10-20(19)28)21-12-22(24(41)32-18-3-1-2-17(11-18)26(29,30)31)39(36-21)13-14-4-6-15(7-5-14)23(40)33-25-34-37-38-35-25/h1-12H,13H2,(H,32,41)(H2,33,34,35,37,38,40). The number of hydrogen-bond acceptors (Lipinski definition) is 6. The van der Waals surface area contributed by atoms with Crippen molar-refractivity contribution in [2.24, 2.45) is 0 Å². The first-order valence-electron chi connectivity index (χ1n) is 11.7. The number of amides is 2. The van der Waals surface area contributed by atoms with Crippen LogP contribution < -0.4 is 10.6 Å². The minimum Gasteiger partial charge on any atom is -0.321 e. The molecule has 5 aromatic rings. The molecule has 0 unspecified atom stereocenters. The maximum absolute atomic E-state index is 13.3. The van der Waals surface area contributed by atoms with Crippen LogP contribution in [0.2, 0.25) is 10.0 Å². The molecule has 3 N–H and O–H groups in total. The largest absolute Gasteiger partial charge is 0.416 e. The number of nitrogens with zero attached hydrogens (tertiary/aromatic N) is 5. The molecular weight excluding hydrogens is 584 g/mol. The number of rotatable bonds is 7. The minimum absolute atomic E-state index is 0.0156. The van der Waals surface area contributed by atoms with E-state index in [1.807, 2.05) is 0 Å². The lowest BCUT2D eigenvalue weighted by atomic mass is 10.1. The lowest BCUT2D eigenvalue weighted by Crippen LogP contribution is -2.19. The molecule has 3 aromatic carbocycles. The summed E-state index contributed by atoms with van der Waals surface area (Å²) in [5, 5.41) is 23.1. The van der Waals surface area contributed by atoms with E-state index in [1.165, 1.54) is 22.9 Å². The van der Waals surface area contributed by atoms with Gasteiger partial charge in [-0.2, -0.15) is 23.5 Å². The zero-order valence-corrected chi connectivity index (χ0v) is 22.1. The average molecular weight is 601 g/mol. The molecule has 0 spiro atoms. The highest BCUT2D eigenvalue weighted by atomic mass is 35.5. The average Bonchev–Trinajstić information content (AvgIpc) is 3.60. The van der Waals surface area contributed by atoms with E-state index in [4.69, 9.17) is 23.2 Å². The topological polar surface area (TPSA) is 130 Å². The van der Waals surface area contributed by atoms with Crippen LogP contribution in [0.5, 0.6) is 0 Å². The van der Waals surface area contributed by atoms with E-state index in [-0.39, 0.29) is 28.9 Å². The maximum Gasteiger partial charge on any atom is 0.416 e. The van der Waals surface area contributed by atoms with Crippen molar-refractivity contribution in [1.82, 2.24) is 30.4 Å². The lowest BCUT2D eigenvalue weighted by Gasteiger charge is -2.11. The Morgan fingerprint density at radius 3 is 2.37 bits per heavy atom. The summed E-state index contributed by atoms with van der Waals surface area (Å²) in [6, 6.07) is 17.1. The Kier molecular flexibility index (Phi) is 7.72. The number of H-pyrrole nitrogens is 1. The predicted octanol–water partition coefficient (Wildman–Crippen LogP) is 5.94. The van der Waals surface area contributed by atoms with Gasteiger partial charge >= 0.3 is 6.18 Å². The smallest absolute Gasteiger partial charge is 0.321 e. The van der Waals surface area contributed by atoms with Crippen molar-refractivity contribution in [2.75, 3.05) is 10.6 Å². The van der Waals surface area contributed by atoms with Crippen molar-refractivity contribution < 1.29 is 22.8 Å². The number of hydrogen-bond donors (Lipinski definition) is 3. The summed E-state index contributed by atoms with van der Waals surface area (Å²) in [4.78, 5) is 25.7. The Hall–Kier alpha value is -4.75. The minimum atomic E-state index is -4.57. The van der Waals surface area contributed by atoms with Crippen LogP contribution in [-0.2, 0) is 12.7 Å². The maximum atomic E-state index is 13.3. The van der Waals surface area contributed by atoms with Gasteiger partial charge in [-0.1, -0.05) is 52.6 Å². The number of carbonyl (C=O) groups is 2. The lowest BCUT2D eigenvalue weighted by molar-refractivity contribution is -0.137. The number of alkyl halides is 3. The molecule has 2 heterocycles. The second-order valence-corrected chi connectivity index (χ2v) is 9.43. The first-order chi connectivity index (χ1) is 19.6. The highest BCUT2D eigenvalue weighted by molar-refractivity contribution is 6.42. The SMILES string of the molecule is O=C(Nc1nn[nH]n1)c1ccc(Cn2nc(-c3ccc(Cl)c(Cl)c3)cc2C(=O)Nc2cccc(C(F)(F)F)c2)cc1. The quantitative estimate of drug-likeness (QED) is 0.212. The van der Waals surface area contributed by atoms with E-state index in [9.17, 15) is 22.8 Å². The Morgan fingerprint density at radius 1 is 0.902 bits per heavy atom. The Labute approximate surface area is 239 Å². The summed E-state index contributed by atoms with van der Waals surface area (Å²) >= 11 is 12.2. The molecule has 5 rings (SSSR count). The first kappa shape index (κ1) is 27.8. The molecule has 0 saturated carbocycles. The molecule has 0 aliphatic rings. The van der Waals surface area contributed by atoms with E-state index in [0.717, 1.165) is 12.1 Å². The van der Waals surface area contributed by atoms with Gasteiger partial charge in [-0.3, -0.25) is 19.6 Å². The van der Waals surface area contributed by atoms with E-state index < -0.39 is 23.6 Å². The zero-order chi connectivity index (χ0) is 29.1. The van der Waals surface area contributed by atoms with Crippen LogP contribution in [0.15, 0.2) is 72.8 Å². The second-order valence-electron chi connectivity index (χ2n) is 8.62. The van der Waals surface area contributed by atoms with Gasteiger partial charge < -0.3 is 5.32 Å². The van der Waals surface area contributed by atoms with Gasteiger partial charge in [0, 0.05) is 16.8 Å². The van der Waals surface area contributed by atoms with Gasteiger partial charge in [-0.25, -0.2) is 0 Å². The fraction of sp³-hybridized carbons (Fsp3) is 0.0769. The summed E-state index contributed by atoms with van der Waals surface area (Å²) in [5.41, 5.74) is 1.08. The highest BCUT2D eigenvalue weighted by Gasteiger charge is 2.30. The third-order valence-electron chi connectivity index (χ3n) is 5.79. The number of aromatic amines is 1. The molecule has 0 fully saturated rings. The van der Waals surface area contributed by atoms with Crippen molar-refractivity contribution in [3.63, 3.8) is 0 Å². The molecule has 0 saturated heterocycles. The second kappa shape index (κ2) is 11.4. The van der Waals surface area contributed by atoms with Crippen molar-refractivity contribution >= 4 is 46.7 Å². The summed E-state index contributed by atoms with van der Waals surface area (Å²) in [6.07, 6.45) is -4.57. The van der Waals surface area contributed by atoms with Crippen LogP contribution in [0, 0.1) is 0 Å². The monoisotopic (exact) mass is 600 g/mol. The van der Waals surface area contributed by atoms with E-state index in [2.05, 4.69) is 36.4 Å². The third kappa shape index (κ3) is 6.53. The molecule has 2 amide bonds. The molecule has 41 heavy (non-hydrogen) atoms. The highest BCUT2D eigenvalue weighted by Crippen LogP contribution is 2.31. The van der Waals surface area contributed by atoms with E-state index >= 15 is 0 Å². The normalized spacial score (nSPS) is 11.3. The Morgan fingerprint density at radius 2 is 1.68 bits per heavy atom. The molecule has 208 valence electrons. The summed E-state index contributed by atoms with van der Waals surface area (Å²) < 4.78 is 40.9. The van der Waals surface area contributed by atoms with Gasteiger partial charge in [0.1, 0.15) is 5.69 Å². The molecule has 0 radical (unpaired) electrons. The van der Waals surface area contributed by atoms with Gasteiger partial charge in [0.05, 0.1) is 27.8 Å². The van der Waals surface area contributed by atoms with Crippen molar-refractivity contribution in [3.05, 3.63) is 105 Å². The fourth-order valence-electron chi connectivity index (χ4n) is 3.81. The molecule has 10 nitrogen and oxygen atoms in total. The number of nitrogens with one attached hydrogen (secondary N) is 3. The fourth-order valence-corrected chi connectivity index (χ4v) is 4.11. The van der Waals surface area contributed by atoms with Crippen LogP contribution in [0.1, 0.15) is 32.0 Å². The Balaban J connectivity index is 1.43. The number of halogens is 5. The van der Waals surface area contributed by atoms with Gasteiger partial charge in [-0.05, 0) is 59.3 Å². The van der Waals surface area contributed by atoms with Crippen LogP contribution >= 0.6 is 23.2 Å². The molecule has 0 aliphatic carbocycles.